The van der Waals surface area contributed by atoms with Gasteiger partial charge in [0, 0.05) is 37.2 Å². The van der Waals surface area contributed by atoms with Crippen molar-refractivity contribution in [1.82, 2.24) is 30.6 Å². The Kier molecular flexibility index (Phi) is 19.2. The largest absolute Gasteiger partial charge is 0.481 e. The fraction of sp³-hybridized carbons (Fsp3) is 0.538. The molecule has 2 amide bonds. The van der Waals surface area contributed by atoms with Crippen molar-refractivity contribution >= 4 is 52.2 Å². The molecule has 3 rings (SSSR count). The highest BCUT2D eigenvalue weighted by atomic mass is 16.4. The molecular formula is C39H53N7O16. The van der Waals surface area contributed by atoms with E-state index in [0.717, 1.165) is 5.56 Å². The summed E-state index contributed by atoms with van der Waals surface area (Å²) in [7, 11) is 0. The van der Waals surface area contributed by atoms with Crippen LogP contribution in [0.4, 0.5) is 5.95 Å². The summed E-state index contributed by atoms with van der Waals surface area (Å²) in [5.74, 6) is -8.85. The van der Waals surface area contributed by atoms with Crippen molar-refractivity contribution < 1.29 is 74.7 Å². The number of ketones is 3. The van der Waals surface area contributed by atoms with E-state index < -0.39 is 140 Å². The predicted octanol–water partition coefficient (Wildman–Crippen LogP) is -4.17. The van der Waals surface area contributed by atoms with Gasteiger partial charge in [0.15, 0.2) is 28.5 Å². The van der Waals surface area contributed by atoms with Crippen LogP contribution < -0.4 is 21.9 Å². The topological polar surface area (TPSA) is 406 Å². The summed E-state index contributed by atoms with van der Waals surface area (Å²) in [5.41, 5.74) is 6.56. The first-order valence-corrected chi connectivity index (χ1v) is 19.5. The molecule has 14 N–H and O–H groups in total. The first-order valence-electron chi connectivity index (χ1n) is 19.5. The Bertz CT molecular complexity index is 2100. The smallest absolute Gasteiger partial charge is 0.306 e. The van der Waals surface area contributed by atoms with E-state index in [1.54, 1.807) is 12.1 Å². The molecule has 0 unspecified atom stereocenters. The van der Waals surface area contributed by atoms with E-state index in [1.807, 2.05) is 0 Å². The van der Waals surface area contributed by atoms with Gasteiger partial charge in [0.25, 0.3) is 5.56 Å². The number of benzene rings is 1. The van der Waals surface area contributed by atoms with E-state index in [0.29, 0.717) is 18.5 Å². The molecule has 0 aliphatic heterocycles. The number of aromatic amines is 1. The molecule has 2 heterocycles. The van der Waals surface area contributed by atoms with Crippen LogP contribution in [0.25, 0.3) is 11.2 Å². The van der Waals surface area contributed by atoms with E-state index in [2.05, 4.69) is 30.6 Å². The number of carboxylic acid groups (broad SMARTS) is 1. The molecule has 23 heteroatoms. The Morgan fingerprint density at radius 3 is 1.92 bits per heavy atom. The number of aliphatic hydroxyl groups is 8. The Labute approximate surface area is 353 Å². The van der Waals surface area contributed by atoms with Gasteiger partial charge in [-0.05, 0) is 24.8 Å². The van der Waals surface area contributed by atoms with E-state index in [9.17, 15) is 74.4 Å². The Balaban J connectivity index is 1.65. The van der Waals surface area contributed by atoms with Crippen LogP contribution in [0.3, 0.4) is 0 Å². The van der Waals surface area contributed by atoms with Gasteiger partial charge in [-0.25, -0.2) is 9.97 Å². The molecule has 0 saturated heterocycles. The molecule has 0 spiro atoms. The van der Waals surface area contributed by atoms with E-state index in [-0.39, 0.29) is 29.1 Å². The van der Waals surface area contributed by atoms with E-state index >= 15 is 0 Å². The number of fused-ring (bicyclic) bond motifs is 1. The third-order valence-electron chi connectivity index (χ3n) is 10.1. The number of hydrogen-bond acceptors (Lipinski definition) is 19. The summed E-state index contributed by atoms with van der Waals surface area (Å²) in [6.07, 6.45) is -12.9. The molecule has 340 valence electrons. The number of carbonyl (C=O) groups excluding carboxylic acids is 5. The first kappa shape index (κ1) is 50.7. The van der Waals surface area contributed by atoms with Gasteiger partial charge in [0.1, 0.15) is 48.7 Å². The fourth-order valence-corrected chi connectivity index (χ4v) is 6.24. The van der Waals surface area contributed by atoms with Crippen molar-refractivity contribution in [3.05, 3.63) is 57.6 Å². The van der Waals surface area contributed by atoms with Crippen molar-refractivity contribution in [2.24, 2.45) is 11.8 Å². The molecule has 0 aliphatic rings. The number of nitrogens with zero attached hydrogens (tertiary/aromatic N) is 3. The van der Waals surface area contributed by atoms with Gasteiger partial charge in [-0.3, -0.25) is 38.5 Å². The van der Waals surface area contributed by atoms with Crippen LogP contribution in [0.2, 0.25) is 0 Å². The fourth-order valence-electron chi connectivity index (χ4n) is 6.24. The lowest BCUT2D eigenvalue weighted by molar-refractivity contribution is -0.143. The number of aromatic nitrogens is 4. The number of aliphatic hydroxyl groups excluding tert-OH is 8. The summed E-state index contributed by atoms with van der Waals surface area (Å²) >= 11 is 0. The molecule has 0 fully saturated rings. The van der Waals surface area contributed by atoms with Crippen LogP contribution in [-0.2, 0) is 36.8 Å². The van der Waals surface area contributed by atoms with Gasteiger partial charge in [0.05, 0.1) is 31.0 Å². The number of amides is 2. The minimum absolute atomic E-state index is 0.0234. The number of aliphatic carboxylic acids is 1. The number of nitrogen functional groups attached to an aromatic ring is 1. The zero-order valence-corrected chi connectivity index (χ0v) is 33.8. The quantitative estimate of drug-likeness (QED) is 0.0340. The SMILES string of the molecule is CCC(=O)[C@@H](NC(=O)[C@H](C)CC(=O)[C@@H](NC(=O)CC[C@H](CC(=O)c1ccc(CCc2cnc3nc(N)[nH]c(=O)c3n2)cc1)C(=O)O)[C@@H](O)[C@H](O)[C@H](O)CO)[C@@H](O)[C@H](O)[C@H](O)CO. The third-order valence-corrected chi connectivity index (χ3v) is 10.1. The molecule has 0 bridgehead atoms. The number of H-pyrrole nitrogens is 1. The summed E-state index contributed by atoms with van der Waals surface area (Å²) in [5, 5.41) is 94.0. The Hall–Kier alpha value is -5.66. The maximum Gasteiger partial charge on any atom is 0.306 e. The number of carboxylic acids is 1. The normalized spacial score (nSPS) is 16.4. The van der Waals surface area contributed by atoms with Gasteiger partial charge >= 0.3 is 5.97 Å². The average Bonchev–Trinajstić information content (AvgIpc) is 3.25. The molecular weight excluding hydrogens is 822 g/mol. The molecule has 2 aromatic heterocycles. The van der Waals surface area contributed by atoms with Crippen LogP contribution in [0.1, 0.15) is 67.6 Å². The van der Waals surface area contributed by atoms with Crippen molar-refractivity contribution in [3.63, 3.8) is 0 Å². The van der Waals surface area contributed by atoms with E-state index in [1.165, 1.54) is 32.2 Å². The van der Waals surface area contributed by atoms with Crippen LogP contribution >= 0.6 is 0 Å². The molecule has 0 aliphatic carbocycles. The molecule has 10 atom stereocenters. The third kappa shape index (κ3) is 13.9. The van der Waals surface area contributed by atoms with Crippen molar-refractivity contribution in [2.45, 2.75) is 108 Å². The zero-order chi connectivity index (χ0) is 46.4. The number of rotatable bonds is 26. The summed E-state index contributed by atoms with van der Waals surface area (Å²) < 4.78 is 0. The minimum Gasteiger partial charge on any atom is -0.481 e. The highest BCUT2D eigenvalue weighted by molar-refractivity contribution is 5.98. The van der Waals surface area contributed by atoms with Crippen LogP contribution in [0, 0.1) is 11.8 Å². The second-order valence-electron chi connectivity index (χ2n) is 14.8. The number of anilines is 1. The van der Waals surface area contributed by atoms with Crippen LogP contribution in [0.15, 0.2) is 35.3 Å². The maximum atomic E-state index is 13.5. The Morgan fingerprint density at radius 1 is 0.790 bits per heavy atom. The lowest BCUT2D eigenvalue weighted by Crippen LogP contribution is -2.58. The number of aryl methyl sites for hydroxylation is 2. The molecule has 0 saturated carbocycles. The molecule has 0 radical (unpaired) electrons. The van der Waals surface area contributed by atoms with Gasteiger partial charge in [-0.2, -0.15) is 4.98 Å². The zero-order valence-electron chi connectivity index (χ0n) is 33.8. The summed E-state index contributed by atoms with van der Waals surface area (Å²) in [6.45, 7) is 0.490. The number of nitrogens with two attached hydrogens (primary N) is 1. The summed E-state index contributed by atoms with van der Waals surface area (Å²) in [4.78, 5) is 104. The van der Waals surface area contributed by atoms with Gasteiger partial charge in [0.2, 0.25) is 17.8 Å². The van der Waals surface area contributed by atoms with E-state index in [4.69, 9.17) is 10.8 Å². The highest BCUT2D eigenvalue weighted by Gasteiger charge is 2.40. The lowest BCUT2D eigenvalue weighted by Gasteiger charge is -2.30. The maximum absolute atomic E-state index is 13.5. The molecule has 3 aromatic rings. The monoisotopic (exact) mass is 875 g/mol. The van der Waals surface area contributed by atoms with Gasteiger partial charge < -0.3 is 62.3 Å². The molecule has 1 aromatic carbocycles. The number of Topliss-reactive ketones (excluding diaryl/α,β-unsaturated/α-hetero) is 3. The standard InChI is InChI=1S/C39H53N7O16/c1-3-22(49)28(33(57)31(55)25(52)15-47)44-36(59)17(2)12-24(51)29(34(58)32(56)26(53)16-48)43-27(54)11-9-20(38(61)62)13-23(50)19-7-4-18(5-8-19)6-10-21-14-41-35-30(42-21)37(60)46-39(40)45-35/h4-5,7-8,14,17,20,25-26,28-29,31-34,47-48,52-53,55-58H,3,6,9-13,15-16H2,1-2H3,(H,43,54)(H,44,59)(H,61,62)(H3,40,41,45,46,60)/t17-,20-,25-,26-,28-,29-,31-,32-,33-,34-/m1/s1. The summed E-state index contributed by atoms with van der Waals surface area (Å²) in [6, 6.07) is 2.44. The number of hydrogen-bond donors (Lipinski definition) is 13. The highest BCUT2D eigenvalue weighted by Crippen LogP contribution is 2.19. The number of nitrogens with one attached hydrogen (secondary N) is 3. The average molecular weight is 876 g/mol. The first-order chi connectivity index (χ1) is 29.2. The number of carbonyl (C=O) groups is 6. The molecule has 62 heavy (non-hydrogen) atoms. The van der Waals surface area contributed by atoms with Gasteiger partial charge in [-0.15, -0.1) is 0 Å². The minimum atomic E-state index is -2.28. The van der Waals surface area contributed by atoms with Crippen LogP contribution in [0.5, 0.6) is 0 Å². The predicted molar refractivity (Wildman–Crippen MR) is 214 cm³/mol. The molecule has 23 nitrogen and oxygen atoms in total. The second kappa shape index (κ2) is 23.5. The van der Waals surface area contributed by atoms with Gasteiger partial charge in [-0.1, -0.05) is 38.1 Å². The van der Waals surface area contributed by atoms with Crippen LogP contribution in [-0.4, -0.2) is 163 Å². The van der Waals surface area contributed by atoms with Crippen molar-refractivity contribution in [2.75, 3.05) is 18.9 Å². The second-order valence-corrected chi connectivity index (χ2v) is 14.8. The Morgan fingerprint density at radius 2 is 1.37 bits per heavy atom. The van der Waals surface area contributed by atoms with Crippen molar-refractivity contribution in [3.8, 4) is 0 Å². The lowest BCUT2D eigenvalue weighted by atomic mass is 9.91. The van der Waals surface area contributed by atoms with Crippen molar-refractivity contribution in [1.29, 1.82) is 0 Å².